The first-order valence-corrected chi connectivity index (χ1v) is 19.3. The van der Waals surface area contributed by atoms with Gasteiger partial charge in [-0.15, -0.1) is 0 Å². The third-order valence-electron chi connectivity index (χ3n) is 9.31. The molecule has 272 valence electrons. The first-order chi connectivity index (χ1) is 24.5. The number of benzene rings is 4. The zero-order chi connectivity index (χ0) is 38.0. The summed E-state index contributed by atoms with van der Waals surface area (Å²) >= 11 is 0. The van der Waals surface area contributed by atoms with Crippen LogP contribution in [0.2, 0.25) is 0 Å². The molecule has 0 saturated carbocycles. The molecule has 0 radical (unpaired) electrons. The molecular weight excluding hydrogens is 615 g/mol. The molecule has 0 heterocycles. The fraction of sp³-hybridized carbons (Fsp3) is 0.360. The number of nitrogens with zero attached hydrogens (tertiary/aromatic N) is 1. The van der Waals surface area contributed by atoms with E-state index in [1.165, 1.54) is 44.8 Å². The van der Waals surface area contributed by atoms with Crippen molar-refractivity contribution >= 4 is 17.1 Å². The molecule has 2 unspecified atom stereocenters. The van der Waals surface area contributed by atoms with E-state index in [0.717, 1.165) is 18.5 Å². The molecule has 2 atom stereocenters. The fourth-order valence-electron chi connectivity index (χ4n) is 6.10. The Balaban J connectivity index is 0.000000366. The lowest BCUT2D eigenvalue weighted by Crippen LogP contribution is -2.11. The van der Waals surface area contributed by atoms with Crippen molar-refractivity contribution in [2.24, 2.45) is 11.3 Å². The van der Waals surface area contributed by atoms with Gasteiger partial charge in [0.15, 0.2) is 0 Å². The van der Waals surface area contributed by atoms with Crippen molar-refractivity contribution in [2.75, 3.05) is 4.90 Å². The first-order valence-electron chi connectivity index (χ1n) is 19.3. The minimum atomic E-state index is 0.301. The van der Waals surface area contributed by atoms with Gasteiger partial charge in [-0.2, -0.15) is 0 Å². The van der Waals surface area contributed by atoms with Gasteiger partial charge in [0.05, 0.1) is 0 Å². The van der Waals surface area contributed by atoms with Crippen molar-refractivity contribution in [3.63, 3.8) is 0 Å². The quantitative estimate of drug-likeness (QED) is 0.159. The number of para-hydroxylation sites is 2. The van der Waals surface area contributed by atoms with Crippen LogP contribution in [0, 0.1) is 18.3 Å². The van der Waals surface area contributed by atoms with Gasteiger partial charge in [0.25, 0.3) is 0 Å². The van der Waals surface area contributed by atoms with Crippen LogP contribution in [0.5, 0.6) is 0 Å². The van der Waals surface area contributed by atoms with Crippen LogP contribution in [0.15, 0.2) is 150 Å². The van der Waals surface area contributed by atoms with E-state index in [1.54, 1.807) is 5.57 Å². The van der Waals surface area contributed by atoms with E-state index >= 15 is 0 Å². The van der Waals surface area contributed by atoms with E-state index < -0.39 is 0 Å². The lowest BCUT2D eigenvalue weighted by molar-refractivity contribution is 0.494. The molecule has 0 amide bonds. The van der Waals surface area contributed by atoms with Crippen LogP contribution in [0.1, 0.15) is 113 Å². The monoisotopic (exact) mass is 682 g/mol. The SMILES string of the molecule is C/C=C\C=C/C(C)C1=C(C)CC(C(C)(C)C)=C1.CC.CC.CCC(C)c1cccc(-c2cccc(N(c3ccccc3)c3ccccc3C)c2)c1. The van der Waals surface area contributed by atoms with E-state index in [4.69, 9.17) is 0 Å². The molecule has 0 aliphatic heterocycles. The predicted octanol–water partition coefficient (Wildman–Crippen LogP) is 16.1. The number of aryl methyl sites for hydroxylation is 1. The van der Waals surface area contributed by atoms with E-state index in [-0.39, 0.29) is 0 Å². The average molecular weight is 682 g/mol. The molecule has 4 aromatic rings. The maximum Gasteiger partial charge on any atom is 0.0490 e. The zero-order valence-corrected chi connectivity index (χ0v) is 34.2. The number of hydrogen-bond donors (Lipinski definition) is 0. The van der Waals surface area contributed by atoms with Crippen molar-refractivity contribution in [2.45, 2.75) is 109 Å². The van der Waals surface area contributed by atoms with Gasteiger partial charge in [0.1, 0.15) is 0 Å². The second kappa shape index (κ2) is 21.8. The Kier molecular flexibility index (Phi) is 18.3. The molecule has 1 aliphatic rings. The van der Waals surface area contributed by atoms with Gasteiger partial charge in [-0.1, -0.05) is 184 Å². The van der Waals surface area contributed by atoms with Crippen LogP contribution in [-0.4, -0.2) is 0 Å². The third kappa shape index (κ3) is 12.4. The Labute approximate surface area is 313 Å². The molecule has 4 aromatic carbocycles. The first kappa shape index (κ1) is 42.8. The summed E-state index contributed by atoms with van der Waals surface area (Å²) < 4.78 is 0. The summed E-state index contributed by atoms with van der Waals surface area (Å²) in [6, 6.07) is 37.0. The molecule has 51 heavy (non-hydrogen) atoms. The molecule has 1 aliphatic carbocycles. The zero-order valence-electron chi connectivity index (χ0n) is 34.2. The standard InChI is InChI=1S/C29H29N.C17H26.2C2H6/c1-4-22(2)24-13-10-14-25(20-24)26-15-11-18-28(21-26)30(27-16-6-5-7-17-27)29-19-9-8-12-23(29)3;1-7-8-9-10-13(2)16-12-15(11-14(16)3)17(4,5)6;2*1-2/h5-22H,4H2,1-3H3;7-10,12-13H,11H2,1-6H3;2*1-2H3/b;8-7-,10-9-;;. The minimum Gasteiger partial charge on any atom is -0.310 e. The van der Waals surface area contributed by atoms with Crippen LogP contribution in [-0.2, 0) is 0 Å². The Morgan fingerprint density at radius 1 is 0.706 bits per heavy atom. The highest BCUT2D eigenvalue weighted by molar-refractivity contribution is 5.81. The Morgan fingerprint density at radius 2 is 1.29 bits per heavy atom. The third-order valence-corrected chi connectivity index (χ3v) is 9.31. The van der Waals surface area contributed by atoms with Crippen molar-refractivity contribution in [3.05, 3.63) is 161 Å². The van der Waals surface area contributed by atoms with E-state index in [9.17, 15) is 0 Å². The van der Waals surface area contributed by atoms with Crippen LogP contribution in [0.25, 0.3) is 11.1 Å². The topological polar surface area (TPSA) is 3.24 Å². The highest BCUT2D eigenvalue weighted by Gasteiger charge is 2.24. The molecule has 0 saturated heterocycles. The van der Waals surface area contributed by atoms with Crippen molar-refractivity contribution in [3.8, 4) is 11.1 Å². The predicted molar refractivity (Wildman–Crippen MR) is 231 cm³/mol. The highest BCUT2D eigenvalue weighted by Crippen LogP contribution is 2.40. The largest absolute Gasteiger partial charge is 0.310 e. The number of allylic oxidation sites excluding steroid dienone is 8. The van der Waals surface area contributed by atoms with Gasteiger partial charge in [-0.05, 0) is 109 Å². The van der Waals surface area contributed by atoms with E-state index in [1.807, 2.05) is 34.6 Å². The minimum absolute atomic E-state index is 0.301. The molecule has 5 rings (SSSR count). The Morgan fingerprint density at radius 3 is 1.88 bits per heavy atom. The summed E-state index contributed by atoms with van der Waals surface area (Å²) in [4.78, 5) is 2.34. The molecule has 0 fully saturated rings. The van der Waals surface area contributed by atoms with Crippen molar-refractivity contribution in [1.29, 1.82) is 0 Å². The lowest BCUT2D eigenvalue weighted by atomic mass is 9.85. The van der Waals surface area contributed by atoms with E-state index in [2.05, 4.69) is 194 Å². The van der Waals surface area contributed by atoms with Crippen LogP contribution in [0.4, 0.5) is 17.1 Å². The van der Waals surface area contributed by atoms with Gasteiger partial charge < -0.3 is 4.90 Å². The number of rotatable bonds is 9. The average Bonchev–Trinajstić information content (AvgIpc) is 3.57. The van der Waals surface area contributed by atoms with Crippen LogP contribution in [0.3, 0.4) is 0 Å². The summed E-state index contributed by atoms with van der Waals surface area (Å²) in [6.07, 6.45) is 13.3. The van der Waals surface area contributed by atoms with Gasteiger partial charge >= 0.3 is 0 Å². The molecular formula is C50H67N. The number of hydrogen-bond acceptors (Lipinski definition) is 1. The number of anilines is 3. The molecule has 0 bridgehead atoms. The lowest BCUT2D eigenvalue weighted by Gasteiger charge is -2.27. The van der Waals surface area contributed by atoms with Gasteiger partial charge in [0.2, 0.25) is 0 Å². The fourth-order valence-corrected chi connectivity index (χ4v) is 6.10. The molecule has 1 nitrogen and oxygen atoms in total. The maximum absolute atomic E-state index is 2.42. The Bertz CT molecular complexity index is 1720. The highest BCUT2D eigenvalue weighted by atomic mass is 15.1. The van der Waals surface area contributed by atoms with Gasteiger partial charge in [-0.3, -0.25) is 0 Å². The second-order valence-corrected chi connectivity index (χ2v) is 14.0. The summed E-state index contributed by atoms with van der Waals surface area (Å²) in [6.45, 7) is 28.2. The maximum atomic E-state index is 2.42. The van der Waals surface area contributed by atoms with Crippen molar-refractivity contribution in [1.82, 2.24) is 0 Å². The van der Waals surface area contributed by atoms with Crippen LogP contribution < -0.4 is 4.90 Å². The summed E-state index contributed by atoms with van der Waals surface area (Å²) in [7, 11) is 0. The molecule has 1 heteroatoms. The Hall–Kier alpha value is -4.36. The van der Waals surface area contributed by atoms with Crippen molar-refractivity contribution < 1.29 is 0 Å². The molecule has 0 aromatic heterocycles. The summed E-state index contributed by atoms with van der Waals surface area (Å²) in [5.41, 5.74) is 13.6. The second-order valence-electron chi connectivity index (χ2n) is 14.0. The van der Waals surface area contributed by atoms with Crippen LogP contribution >= 0.6 is 0 Å². The van der Waals surface area contributed by atoms with E-state index in [0.29, 0.717) is 17.3 Å². The summed E-state index contributed by atoms with van der Waals surface area (Å²) in [5, 5.41) is 0. The molecule has 0 N–H and O–H groups in total. The van der Waals surface area contributed by atoms with Gasteiger partial charge in [-0.25, -0.2) is 0 Å². The smallest absolute Gasteiger partial charge is 0.0490 e. The summed E-state index contributed by atoms with van der Waals surface area (Å²) in [5.74, 6) is 1.09. The molecule has 0 spiro atoms. The normalized spacial score (nSPS) is 13.7. The van der Waals surface area contributed by atoms with Gasteiger partial charge in [0, 0.05) is 17.1 Å².